The van der Waals surface area contributed by atoms with Crippen LogP contribution in [-0.2, 0) is 65.4 Å². The summed E-state index contributed by atoms with van der Waals surface area (Å²) in [4.78, 5) is 72.6. The maximum absolute atomic E-state index is 13.1. The fourth-order valence-electron chi connectivity index (χ4n) is 11.4. The molecule has 0 aromatic carbocycles. The number of hydrogen-bond donors (Lipinski definition) is 3. The summed E-state index contributed by atoms with van der Waals surface area (Å²) in [7, 11) is -9.90. The molecule has 0 spiro atoms. The molecule has 0 heterocycles. The molecular formula is C74H144O17P2. The lowest BCUT2D eigenvalue weighted by atomic mass is 10.0. The highest BCUT2D eigenvalue weighted by atomic mass is 31.2. The molecule has 0 saturated heterocycles. The Morgan fingerprint density at radius 2 is 0.495 bits per heavy atom. The molecule has 3 N–H and O–H groups in total. The van der Waals surface area contributed by atoms with Crippen molar-refractivity contribution >= 4 is 39.5 Å². The number of aliphatic hydroxyl groups excluding tert-OH is 1. The molecule has 5 atom stereocenters. The summed E-state index contributed by atoms with van der Waals surface area (Å²) in [6.45, 7) is 7.23. The highest BCUT2D eigenvalue weighted by molar-refractivity contribution is 7.47. The van der Waals surface area contributed by atoms with Gasteiger partial charge in [0.1, 0.15) is 19.3 Å². The second-order valence-corrected chi connectivity index (χ2v) is 30.1. The van der Waals surface area contributed by atoms with E-state index in [0.717, 1.165) is 102 Å². The smallest absolute Gasteiger partial charge is 0.462 e. The van der Waals surface area contributed by atoms with E-state index in [1.54, 1.807) is 0 Å². The van der Waals surface area contributed by atoms with Crippen LogP contribution in [0, 0.1) is 5.92 Å². The van der Waals surface area contributed by atoms with E-state index < -0.39 is 97.5 Å². The predicted octanol–water partition coefficient (Wildman–Crippen LogP) is 21.7. The molecule has 2 unspecified atom stereocenters. The zero-order chi connectivity index (χ0) is 68.4. The first-order chi connectivity index (χ1) is 45.0. The Labute approximate surface area is 568 Å². The van der Waals surface area contributed by atoms with Crippen LogP contribution in [0.2, 0.25) is 0 Å². The zero-order valence-corrected chi connectivity index (χ0v) is 62.2. The van der Waals surface area contributed by atoms with Crippen molar-refractivity contribution in [3.05, 3.63) is 0 Å². The van der Waals surface area contributed by atoms with Crippen LogP contribution < -0.4 is 0 Å². The fraction of sp³-hybridized carbons (Fsp3) is 0.946. The highest BCUT2D eigenvalue weighted by Crippen LogP contribution is 2.45. The first kappa shape index (κ1) is 91.1. The molecule has 0 aliphatic rings. The standard InChI is InChI=1S/C74H144O17P2/c1-6-9-12-15-18-21-23-25-27-29-31-33-35-39-44-49-54-59-73(78)90-70(64-85-72(77)58-53-48-43-38-34-32-30-28-26-24-22-19-16-13-10-7-2)66-89-93(82,83)87-62-68(75)61-86-92(80,81)88-65-69(63-84-71(76)57-52-47-42-20-17-14-11-8-3)91-74(79)60-55-50-45-40-36-37-41-46-51-56-67(4)5/h67-70,75H,6-66H2,1-5H3,(H,80,81)(H,82,83)/t68-,69+,70+/m0/s1. The Morgan fingerprint density at radius 3 is 0.731 bits per heavy atom. The molecule has 0 aromatic heterocycles. The molecule has 0 bridgehead atoms. The maximum Gasteiger partial charge on any atom is 0.472 e. The van der Waals surface area contributed by atoms with Crippen LogP contribution in [0.1, 0.15) is 388 Å². The number of phosphoric acid groups is 2. The number of aliphatic hydroxyl groups is 1. The monoisotopic (exact) mass is 1370 g/mol. The van der Waals surface area contributed by atoms with Crippen LogP contribution in [0.4, 0.5) is 0 Å². The molecule has 0 aliphatic heterocycles. The third kappa shape index (κ3) is 68.4. The number of hydrogen-bond acceptors (Lipinski definition) is 15. The van der Waals surface area contributed by atoms with E-state index in [1.165, 1.54) is 205 Å². The van der Waals surface area contributed by atoms with E-state index in [2.05, 4.69) is 34.6 Å². The first-order valence-electron chi connectivity index (χ1n) is 38.6. The molecule has 0 aliphatic carbocycles. The number of carbonyl (C=O) groups is 4. The summed E-state index contributed by atoms with van der Waals surface area (Å²) < 4.78 is 68.4. The zero-order valence-electron chi connectivity index (χ0n) is 60.4. The van der Waals surface area contributed by atoms with Gasteiger partial charge in [-0.05, 0) is 31.6 Å². The molecule has 0 fully saturated rings. The quantitative estimate of drug-likeness (QED) is 0.0222. The molecule has 552 valence electrons. The third-order valence-corrected chi connectivity index (χ3v) is 19.2. The maximum atomic E-state index is 13.1. The van der Waals surface area contributed by atoms with E-state index in [4.69, 9.17) is 37.0 Å². The highest BCUT2D eigenvalue weighted by Gasteiger charge is 2.30. The molecule has 0 radical (unpaired) electrons. The summed E-state index contributed by atoms with van der Waals surface area (Å²) in [5.74, 6) is -1.38. The van der Waals surface area contributed by atoms with Gasteiger partial charge in [-0.1, -0.05) is 336 Å². The van der Waals surface area contributed by atoms with Crippen molar-refractivity contribution in [2.75, 3.05) is 39.6 Å². The van der Waals surface area contributed by atoms with Crippen molar-refractivity contribution in [3.63, 3.8) is 0 Å². The van der Waals surface area contributed by atoms with Gasteiger partial charge in [0.25, 0.3) is 0 Å². The Kier molecular flexibility index (Phi) is 65.9. The lowest BCUT2D eigenvalue weighted by molar-refractivity contribution is -0.161. The van der Waals surface area contributed by atoms with Crippen molar-refractivity contribution in [3.8, 4) is 0 Å². The number of rotatable bonds is 74. The van der Waals surface area contributed by atoms with Crippen molar-refractivity contribution in [2.24, 2.45) is 5.92 Å². The SMILES string of the molecule is CCCCCCCCCCCCCCCCCCCC(=O)O[C@H](COC(=O)CCCCCCCCCCCCCCCCCC)COP(=O)(O)OC[C@@H](O)COP(=O)(O)OC[C@@H](COC(=O)CCCCCCCCCC)OC(=O)CCCCCCCCCCCC(C)C. The minimum atomic E-state index is -4.95. The van der Waals surface area contributed by atoms with Gasteiger partial charge in [0.2, 0.25) is 0 Å². The molecule has 0 amide bonds. The van der Waals surface area contributed by atoms with Gasteiger partial charge in [-0.15, -0.1) is 0 Å². The lowest BCUT2D eigenvalue weighted by Crippen LogP contribution is -2.30. The van der Waals surface area contributed by atoms with Gasteiger partial charge in [-0.2, -0.15) is 0 Å². The molecule has 0 rings (SSSR count). The number of ether oxygens (including phenoxy) is 4. The topological polar surface area (TPSA) is 237 Å². The lowest BCUT2D eigenvalue weighted by Gasteiger charge is -2.21. The van der Waals surface area contributed by atoms with Gasteiger partial charge in [-0.3, -0.25) is 37.3 Å². The molecule has 93 heavy (non-hydrogen) atoms. The van der Waals surface area contributed by atoms with Crippen LogP contribution in [0.5, 0.6) is 0 Å². The molecular weight excluding hydrogens is 1220 g/mol. The van der Waals surface area contributed by atoms with Crippen LogP contribution in [0.3, 0.4) is 0 Å². The van der Waals surface area contributed by atoms with Gasteiger partial charge in [-0.25, -0.2) is 9.13 Å². The van der Waals surface area contributed by atoms with Crippen LogP contribution in [-0.4, -0.2) is 96.7 Å². The van der Waals surface area contributed by atoms with Crippen molar-refractivity contribution < 1.29 is 80.2 Å². The number of esters is 4. The Morgan fingerprint density at radius 1 is 0.290 bits per heavy atom. The second-order valence-electron chi connectivity index (χ2n) is 27.2. The fourth-order valence-corrected chi connectivity index (χ4v) is 12.9. The van der Waals surface area contributed by atoms with Crippen molar-refractivity contribution in [1.29, 1.82) is 0 Å². The second kappa shape index (κ2) is 67.3. The Bertz CT molecular complexity index is 1790. The summed E-state index contributed by atoms with van der Waals surface area (Å²) >= 11 is 0. The van der Waals surface area contributed by atoms with Gasteiger partial charge >= 0.3 is 39.5 Å². The van der Waals surface area contributed by atoms with Gasteiger partial charge < -0.3 is 33.8 Å². The number of unbranched alkanes of at least 4 members (excludes halogenated alkanes) is 46. The van der Waals surface area contributed by atoms with E-state index >= 15 is 0 Å². The first-order valence-corrected chi connectivity index (χ1v) is 41.6. The average molecular weight is 1370 g/mol. The third-order valence-electron chi connectivity index (χ3n) is 17.3. The largest absolute Gasteiger partial charge is 0.472 e. The average Bonchev–Trinajstić information content (AvgIpc) is 2.26. The minimum absolute atomic E-state index is 0.105. The van der Waals surface area contributed by atoms with E-state index in [1.807, 2.05) is 0 Å². The van der Waals surface area contributed by atoms with Crippen molar-refractivity contribution in [1.82, 2.24) is 0 Å². The molecule has 0 aromatic rings. The van der Waals surface area contributed by atoms with Crippen LogP contribution >= 0.6 is 15.6 Å². The Hall–Kier alpha value is -1.94. The Balaban J connectivity index is 5.21. The van der Waals surface area contributed by atoms with Gasteiger partial charge in [0.15, 0.2) is 12.2 Å². The normalized spacial score (nSPS) is 14.0. The van der Waals surface area contributed by atoms with Gasteiger partial charge in [0, 0.05) is 25.7 Å². The van der Waals surface area contributed by atoms with E-state index in [9.17, 15) is 43.2 Å². The molecule has 17 nitrogen and oxygen atoms in total. The predicted molar refractivity (Wildman–Crippen MR) is 377 cm³/mol. The van der Waals surface area contributed by atoms with Crippen LogP contribution in [0.15, 0.2) is 0 Å². The number of phosphoric ester groups is 2. The van der Waals surface area contributed by atoms with Crippen LogP contribution in [0.25, 0.3) is 0 Å². The van der Waals surface area contributed by atoms with Gasteiger partial charge in [0.05, 0.1) is 26.4 Å². The van der Waals surface area contributed by atoms with E-state index in [0.29, 0.717) is 25.7 Å². The van der Waals surface area contributed by atoms with E-state index in [-0.39, 0.29) is 25.7 Å². The molecule has 19 heteroatoms. The number of carbonyl (C=O) groups excluding carboxylic acids is 4. The summed E-state index contributed by atoms with van der Waals surface area (Å²) in [6.07, 6.45) is 55.5. The molecule has 0 saturated carbocycles. The summed E-state index contributed by atoms with van der Waals surface area (Å²) in [5.41, 5.74) is 0. The summed E-state index contributed by atoms with van der Waals surface area (Å²) in [6, 6.07) is 0. The minimum Gasteiger partial charge on any atom is -0.462 e. The van der Waals surface area contributed by atoms with Crippen molar-refractivity contribution in [2.45, 2.75) is 406 Å². The summed E-state index contributed by atoms with van der Waals surface area (Å²) in [5, 5.41) is 10.6.